The number of carbonyl (C=O) groups is 1. The summed E-state index contributed by atoms with van der Waals surface area (Å²) in [5, 5.41) is 0. The molecule has 2 atom stereocenters. The summed E-state index contributed by atoms with van der Waals surface area (Å²) in [5.74, 6) is 1.07. The summed E-state index contributed by atoms with van der Waals surface area (Å²) >= 11 is 0. The molecule has 0 radical (unpaired) electrons. The van der Waals surface area contributed by atoms with Gasteiger partial charge in [-0.1, -0.05) is 30.3 Å². The molecule has 2 heterocycles. The van der Waals surface area contributed by atoms with Crippen molar-refractivity contribution in [2.45, 2.75) is 49.1 Å². The van der Waals surface area contributed by atoms with Crippen molar-refractivity contribution in [2.75, 3.05) is 33.4 Å². The van der Waals surface area contributed by atoms with Gasteiger partial charge in [-0.05, 0) is 43.5 Å². The number of ether oxygens (including phenoxy) is 1. The fourth-order valence-electron chi connectivity index (χ4n) is 4.75. The van der Waals surface area contributed by atoms with Gasteiger partial charge in [-0.3, -0.25) is 4.79 Å². The lowest BCUT2D eigenvalue weighted by Gasteiger charge is -2.33. The van der Waals surface area contributed by atoms with Crippen molar-refractivity contribution in [3.8, 4) is 0 Å². The number of benzene rings is 2. The monoisotopic (exact) mass is 513 g/mol. The molecule has 36 heavy (non-hydrogen) atoms. The number of nitrogens with two attached hydrogens (primary N) is 1. The summed E-state index contributed by atoms with van der Waals surface area (Å²) in [6, 6.07) is 15.6. The number of likely N-dealkylation sites (tertiary alicyclic amines) is 1. The van der Waals surface area contributed by atoms with E-state index in [1.54, 1.807) is 25.3 Å². The van der Waals surface area contributed by atoms with Gasteiger partial charge < -0.3 is 19.9 Å². The Morgan fingerprint density at radius 3 is 2.72 bits per heavy atom. The van der Waals surface area contributed by atoms with Gasteiger partial charge in [0.1, 0.15) is 5.82 Å². The van der Waals surface area contributed by atoms with Crippen molar-refractivity contribution >= 4 is 27.0 Å². The highest BCUT2D eigenvalue weighted by Gasteiger charge is 2.29. The Balaban J connectivity index is 1.39. The number of sulfonamides is 1. The molecule has 1 amide bonds. The molecule has 1 aromatic heterocycles. The quantitative estimate of drug-likeness (QED) is 0.380. The van der Waals surface area contributed by atoms with Gasteiger partial charge in [-0.2, -0.15) is 0 Å². The first-order chi connectivity index (χ1) is 17.4. The Morgan fingerprint density at radius 2 is 1.94 bits per heavy atom. The molecule has 1 fully saturated rings. The third-order valence-electron chi connectivity index (χ3n) is 6.58. The van der Waals surface area contributed by atoms with Gasteiger partial charge in [0.15, 0.2) is 0 Å². The first-order valence-corrected chi connectivity index (χ1v) is 13.9. The third-order valence-corrected chi connectivity index (χ3v) is 8.02. The topological polar surface area (TPSA) is 120 Å². The SMILES string of the molecule is COCCCn1c(C2CCCN(C(=O)CC(N)CNS(=O)(=O)c3ccccc3)C2)nc2ccccc21. The number of imidazole rings is 1. The van der Waals surface area contributed by atoms with Gasteiger partial charge in [-0.15, -0.1) is 0 Å². The normalized spacial score (nSPS) is 17.4. The highest BCUT2D eigenvalue weighted by atomic mass is 32.2. The van der Waals surface area contributed by atoms with Crippen LogP contribution >= 0.6 is 0 Å². The lowest BCUT2D eigenvalue weighted by atomic mass is 9.96. The molecule has 3 aromatic rings. The van der Waals surface area contributed by atoms with E-state index in [1.807, 2.05) is 23.1 Å². The number of hydrogen-bond acceptors (Lipinski definition) is 6. The van der Waals surface area contributed by atoms with Crippen molar-refractivity contribution < 1.29 is 17.9 Å². The minimum atomic E-state index is -3.66. The van der Waals surface area contributed by atoms with E-state index in [0.29, 0.717) is 19.7 Å². The lowest BCUT2D eigenvalue weighted by molar-refractivity contribution is -0.132. The summed E-state index contributed by atoms with van der Waals surface area (Å²) in [7, 11) is -1.96. The summed E-state index contributed by atoms with van der Waals surface area (Å²) in [6.45, 7) is 2.72. The number of aromatic nitrogens is 2. The Labute approximate surface area is 212 Å². The summed E-state index contributed by atoms with van der Waals surface area (Å²) in [5.41, 5.74) is 8.21. The second-order valence-corrected chi connectivity index (χ2v) is 11.0. The summed E-state index contributed by atoms with van der Waals surface area (Å²) < 4.78 is 34.9. The number of nitrogens with one attached hydrogen (secondary N) is 1. The van der Waals surface area contributed by atoms with Crippen molar-refractivity contribution in [3.63, 3.8) is 0 Å². The number of piperidine rings is 1. The highest BCUT2D eigenvalue weighted by molar-refractivity contribution is 7.89. The van der Waals surface area contributed by atoms with Crippen LogP contribution in [-0.2, 0) is 26.1 Å². The lowest BCUT2D eigenvalue weighted by Crippen LogP contribution is -2.45. The molecular weight excluding hydrogens is 478 g/mol. The van der Waals surface area contributed by atoms with E-state index < -0.39 is 16.1 Å². The van der Waals surface area contributed by atoms with Crippen LogP contribution < -0.4 is 10.5 Å². The molecule has 1 aliphatic heterocycles. The summed E-state index contributed by atoms with van der Waals surface area (Å²) in [4.78, 5) is 20.0. The zero-order valence-corrected chi connectivity index (χ0v) is 21.5. The van der Waals surface area contributed by atoms with Gasteiger partial charge >= 0.3 is 0 Å². The van der Waals surface area contributed by atoms with Crippen molar-refractivity contribution in [2.24, 2.45) is 5.73 Å². The van der Waals surface area contributed by atoms with E-state index in [-0.39, 0.29) is 29.7 Å². The van der Waals surface area contributed by atoms with E-state index in [9.17, 15) is 13.2 Å². The van der Waals surface area contributed by atoms with Crippen molar-refractivity contribution in [1.82, 2.24) is 19.2 Å². The van der Waals surface area contributed by atoms with Gasteiger partial charge in [0.2, 0.25) is 15.9 Å². The zero-order chi connectivity index (χ0) is 25.5. The maximum Gasteiger partial charge on any atom is 0.240 e. The number of para-hydroxylation sites is 2. The van der Waals surface area contributed by atoms with Crippen LogP contribution in [0.15, 0.2) is 59.5 Å². The van der Waals surface area contributed by atoms with Crippen LogP contribution in [0.4, 0.5) is 0 Å². The second kappa shape index (κ2) is 12.0. The predicted octanol–water partition coefficient (Wildman–Crippen LogP) is 2.47. The molecule has 10 heteroatoms. The molecule has 3 N–H and O–H groups in total. The standard InChI is InChI=1S/C26H35N5O4S/c1-35-16-8-15-31-24-13-6-5-12-23(24)29-26(31)20-9-7-14-30(19-20)25(32)17-21(27)18-28-36(33,34)22-10-3-2-4-11-22/h2-6,10-13,20-21,28H,7-9,14-19,27H2,1H3. The molecule has 194 valence electrons. The summed E-state index contributed by atoms with van der Waals surface area (Å²) in [6.07, 6.45) is 2.80. The van der Waals surface area contributed by atoms with Gasteiger partial charge in [0, 0.05) is 58.3 Å². The average Bonchev–Trinajstić information content (AvgIpc) is 3.27. The van der Waals surface area contributed by atoms with Crippen LogP contribution in [0.5, 0.6) is 0 Å². The molecule has 1 saturated heterocycles. The molecule has 0 saturated carbocycles. The minimum Gasteiger partial charge on any atom is -0.385 e. The molecule has 2 aromatic carbocycles. The molecule has 2 unspecified atom stereocenters. The Hall–Kier alpha value is -2.79. The Kier molecular flexibility index (Phi) is 8.73. The number of hydrogen-bond donors (Lipinski definition) is 2. The first kappa shape index (κ1) is 26.3. The van der Waals surface area contributed by atoms with Gasteiger partial charge in [0.25, 0.3) is 0 Å². The van der Waals surface area contributed by atoms with Crippen molar-refractivity contribution in [1.29, 1.82) is 0 Å². The average molecular weight is 514 g/mol. The largest absolute Gasteiger partial charge is 0.385 e. The van der Waals surface area contributed by atoms with E-state index in [1.165, 1.54) is 12.1 Å². The number of aryl methyl sites for hydroxylation is 1. The highest BCUT2D eigenvalue weighted by Crippen LogP contribution is 2.30. The van der Waals surface area contributed by atoms with Crippen LogP contribution in [0.2, 0.25) is 0 Å². The Bertz CT molecular complexity index is 1260. The van der Waals surface area contributed by atoms with Gasteiger partial charge in [0.05, 0.1) is 15.9 Å². The maximum atomic E-state index is 13.1. The van der Waals surface area contributed by atoms with Crippen molar-refractivity contribution in [3.05, 3.63) is 60.4 Å². The second-order valence-electron chi connectivity index (χ2n) is 9.26. The molecule has 0 spiro atoms. The Morgan fingerprint density at radius 1 is 1.19 bits per heavy atom. The van der Waals surface area contributed by atoms with Crippen LogP contribution in [0.25, 0.3) is 11.0 Å². The van der Waals surface area contributed by atoms with E-state index >= 15 is 0 Å². The van der Waals surface area contributed by atoms with E-state index in [4.69, 9.17) is 15.5 Å². The number of fused-ring (bicyclic) bond motifs is 1. The third kappa shape index (κ3) is 6.31. The molecule has 0 bridgehead atoms. The number of rotatable bonds is 11. The first-order valence-electron chi connectivity index (χ1n) is 12.4. The number of nitrogens with zero attached hydrogens (tertiary/aromatic N) is 3. The van der Waals surface area contributed by atoms with Crippen LogP contribution in [-0.4, -0.2) is 68.2 Å². The molecule has 4 rings (SSSR count). The smallest absolute Gasteiger partial charge is 0.240 e. The van der Waals surface area contributed by atoms with Crippen LogP contribution in [0.1, 0.15) is 37.4 Å². The fraction of sp³-hybridized carbons (Fsp3) is 0.462. The maximum absolute atomic E-state index is 13.1. The minimum absolute atomic E-state index is 0.00443. The molecular formula is C26H35N5O4S. The molecule has 0 aliphatic carbocycles. The number of amides is 1. The number of carbonyl (C=O) groups excluding carboxylic acids is 1. The van der Waals surface area contributed by atoms with E-state index in [2.05, 4.69) is 15.4 Å². The number of methoxy groups -OCH3 is 1. The van der Waals surface area contributed by atoms with E-state index in [0.717, 1.165) is 42.7 Å². The van der Waals surface area contributed by atoms with Crippen LogP contribution in [0, 0.1) is 0 Å². The molecule has 1 aliphatic rings. The molecule has 9 nitrogen and oxygen atoms in total. The van der Waals surface area contributed by atoms with Gasteiger partial charge in [-0.25, -0.2) is 18.1 Å². The zero-order valence-electron chi connectivity index (χ0n) is 20.7. The van der Waals surface area contributed by atoms with Crippen LogP contribution in [0.3, 0.4) is 0 Å². The fourth-order valence-corrected chi connectivity index (χ4v) is 5.86. The predicted molar refractivity (Wildman–Crippen MR) is 139 cm³/mol.